The number of hydrogen-bond acceptors (Lipinski definition) is 2. The summed E-state index contributed by atoms with van der Waals surface area (Å²) < 4.78 is 14.9. The van der Waals surface area contributed by atoms with Crippen molar-refractivity contribution in [3.8, 4) is 11.3 Å². The van der Waals surface area contributed by atoms with Gasteiger partial charge in [0.25, 0.3) is 0 Å². The van der Waals surface area contributed by atoms with Crippen molar-refractivity contribution in [2.45, 2.75) is 6.92 Å². The molecule has 0 fully saturated rings. The van der Waals surface area contributed by atoms with E-state index in [1.807, 2.05) is 14.0 Å². The van der Waals surface area contributed by atoms with Gasteiger partial charge in [-0.1, -0.05) is 0 Å². The molecule has 0 atom stereocenters. The zero-order chi connectivity index (χ0) is 12.9. The van der Waals surface area contributed by atoms with E-state index in [-0.39, 0.29) is 5.82 Å². The van der Waals surface area contributed by atoms with Crippen LogP contribution in [0, 0.1) is 12.7 Å². The highest BCUT2D eigenvalue weighted by molar-refractivity contribution is 5.99. The number of halogens is 1. The summed E-state index contributed by atoms with van der Waals surface area (Å²) in [6.07, 6.45) is 1.62. The molecule has 0 bridgehead atoms. The third-order valence-electron chi connectivity index (χ3n) is 3.15. The molecule has 0 aliphatic carbocycles. The molecule has 92 valence electrons. The zero-order valence-electron chi connectivity index (χ0n) is 10.2. The number of nitrogen functional groups attached to an aromatic ring is 1. The number of nitrogens with two attached hydrogens (primary N) is 1. The molecule has 0 amide bonds. The summed E-state index contributed by atoms with van der Waals surface area (Å²) in [6.45, 7) is 1.94. The van der Waals surface area contributed by atoms with E-state index in [2.05, 4.69) is 10.1 Å². The van der Waals surface area contributed by atoms with E-state index < -0.39 is 0 Å². The first-order chi connectivity index (χ1) is 8.58. The zero-order valence-corrected chi connectivity index (χ0v) is 10.2. The highest BCUT2D eigenvalue weighted by Gasteiger charge is 2.16. The molecule has 3 aromatic rings. The molecule has 0 spiro atoms. The van der Waals surface area contributed by atoms with Crippen LogP contribution < -0.4 is 5.73 Å². The van der Waals surface area contributed by atoms with Crippen molar-refractivity contribution in [3.05, 3.63) is 35.9 Å². The Labute approximate surface area is 103 Å². The minimum absolute atomic E-state index is 0.256. The molecule has 0 saturated heterocycles. The Balaban J connectivity index is 2.39. The lowest BCUT2D eigenvalue weighted by Gasteiger charge is -2.04. The van der Waals surface area contributed by atoms with Crippen LogP contribution in [0.25, 0.3) is 22.2 Å². The number of aromatic nitrogens is 3. The fourth-order valence-electron chi connectivity index (χ4n) is 2.37. The number of nitrogens with zero attached hydrogens (tertiary/aromatic N) is 2. The van der Waals surface area contributed by atoms with Crippen molar-refractivity contribution < 1.29 is 4.39 Å². The average molecular weight is 244 g/mol. The smallest absolute Gasteiger partial charge is 0.125 e. The van der Waals surface area contributed by atoms with Gasteiger partial charge in [-0.3, -0.25) is 4.68 Å². The van der Waals surface area contributed by atoms with Gasteiger partial charge in [-0.15, -0.1) is 0 Å². The highest BCUT2D eigenvalue weighted by Crippen LogP contribution is 2.35. The molecule has 3 rings (SSSR count). The number of rotatable bonds is 1. The lowest BCUT2D eigenvalue weighted by molar-refractivity contribution is 0.629. The second-order valence-corrected chi connectivity index (χ2v) is 4.39. The third kappa shape index (κ3) is 1.40. The van der Waals surface area contributed by atoms with Crippen molar-refractivity contribution in [1.29, 1.82) is 0 Å². The predicted molar refractivity (Wildman–Crippen MR) is 69.6 cm³/mol. The Morgan fingerprint density at radius 2 is 2.17 bits per heavy atom. The molecule has 0 radical (unpaired) electrons. The fraction of sp³-hybridized carbons (Fsp3) is 0.154. The second-order valence-electron chi connectivity index (χ2n) is 4.39. The van der Waals surface area contributed by atoms with Crippen molar-refractivity contribution in [3.63, 3.8) is 0 Å². The molecule has 3 N–H and O–H groups in total. The average Bonchev–Trinajstić information content (AvgIpc) is 2.79. The van der Waals surface area contributed by atoms with Crippen molar-refractivity contribution in [2.24, 2.45) is 7.05 Å². The van der Waals surface area contributed by atoms with Crippen LogP contribution in [0.15, 0.2) is 24.4 Å². The summed E-state index contributed by atoms with van der Waals surface area (Å²) in [5.74, 6) is -0.256. The predicted octanol–water partition coefficient (Wildman–Crippen LogP) is 2.60. The first-order valence-electron chi connectivity index (χ1n) is 5.63. The van der Waals surface area contributed by atoms with Gasteiger partial charge in [0.15, 0.2) is 0 Å². The topological polar surface area (TPSA) is 59.6 Å². The highest BCUT2D eigenvalue weighted by atomic mass is 19.1. The van der Waals surface area contributed by atoms with E-state index in [1.54, 1.807) is 16.9 Å². The lowest BCUT2D eigenvalue weighted by atomic mass is 10.1. The first kappa shape index (κ1) is 10.8. The Kier molecular flexibility index (Phi) is 2.16. The Hall–Kier alpha value is -2.30. The van der Waals surface area contributed by atoms with Crippen LogP contribution in [0.1, 0.15) is 5.69 Å². The fourth-order valence-corrected chi connectivity index (χ4v) is 2.37. The Morgan fingerprint density at radius 3 is 2.83 bits per heavy atom. The van der Waals surface area contributed by atoms with Crippen LogP contribution in [0.4, 0.5) is 10.1 Å². The number of H-pyrrole nitrogens is 1. The molecule has 0 saturated carbocycles. The molecule has 2 heterocycles. The quantitative estimate of drug-likeness (QED) is 0.691. The summed E-state index contributed by atoms with van der Waals surface area (Å²) in [4.78, 5) is 3.17. The van der Waals surface area contributed by atoms with E-state index >= 15 is 0 Å². The van der Waals surface area contributed by atoms with Crippen LogP contribution in [-0.4, -0.2) is 14.8 Å². The number of fused-ring (bicyclic) bond motifs is 1. The number of aromatic amines is 1. The number of hydrogen-bond donors (Lipinski definition) is 2. The molecular formula is C13H13FN4. The van der Waals surface area contributed by atoms with E-state index in [4.69, 9.17) is 5.73 Å². The number of benzene rings is 1. The van der Waals surface area contributed by atoms with Crippen LogP contribution in [0.5, 0.6) is 0 Å². The standard InChI is InChI=1S/C13H13FN4/c1-7-12(13-10(15)6-16-18(13)2)9-4-3-8(14)5-11(9)17-7/h3-6,17H,15H2,1-2H3. The van der Waals surface area contributed by atoms with E-state index in [9.17, 15) is 4.39 Å². The van der Waals surface area contributed by atoms with Gasteiger partial charge >= 0.3 is 0 Å². The molecule has 0 unspecified atom stereocenters. The van der Waals surface area contributed by atoms with Crippen molar-refractivity contribution >= 4 is 16.6 Å². The van der Waals surface area contributed by atoms with E-state index in [0.29, 0.717) is 5.69 Å². The monoisotopic (exact) mass is 244 g/mol. The molecular weight excluding hydrogens is 231 g/mol. The summed E-state index contributed by atoms with van der Waals surface area (Å²) in [5, 5.41) is 5.09. The molecule has 2 aromatic heterocycles. The summed E-state index contributed by atoms with van der Waals surface area (Å²) in [6, 6.07) is 4.69. The molecule has 0 aliphatic rings. The molecule has 1 aromatic carbocycles. The number of nitrogens with one attached hydrogen (secondary N) is 1. The second kappa shape index (κ2) is 3.60. The van der Waals surface area contributed by atoms with Crippen LogP contribution in [0.2, 0.25) is 0 Å². The first-order valence-corrected chi connectivity index (χ1v) is 5.63. The van der Waals surface area contributed by atoms with Gasteiger partial charge in [-0.2, -0.15) is 5.10 Å². The van der Waals surface area contributed by atoms with Gasteiger partial charge in [0.1, 0.15) is 5.82 Å². The van der Waals surface area contributed by atoms with Crippen LogP contribution in [-0.2, 0) is 7.05 Å². The van der Waals surface area contributed by atoms with Crippen molar-refractivity contribution in [2.75, 3.05) is 5.73 Å². The Morgan fingerprint density at radius 1 is 1.39 bits per heavy atom. The third-order valence-corrected chi connectivity index (χ3v) is 3.15. The molecule has 4 nitrogen and oxygen atoms in total. The van der Waals surface area contributed by atoms with Gasteiger partial charge in [0.2, 0.25) is 0 Å². The van der Waals surface area contributed by atoms with Crippen LogP contribution >= 0.6 is 0 Å². The van der Waals surface area contributed by atoms with Gasteiger partial charge in [0, 0.05) is 29.2 Å². The number of anilines is 1. The normalized spacial score (nSPS) is 11.3. The van der Waals surface area contributed by atoms with Crippen LogP contribution in [0.3, 0.4) is 0 Å². The summed E-state index contributed by atoms with van der Waals surface area (Å²) >= 11 is 0. The number of aryl methyl sites for hydroxylation is 2. The van der Waals surface area contributed by atoms with Gasteiger partial charge in [-0.25, -0.2) is 4.39 Å². The summed E-state index contributed by atoms with van der Waals surface area (Å²) in [5.41, 5.74) is 10.1. The van der Waals surface area contributed by atoms with Gasteiger partial charge in [0.05, 0.1) is 17.6 Å². The van der Waals surface area contributed by atoms with E-state index in [1.165, 1.54) is 12.1 Å². The summed E-state index contributed by atoms with van der Waals surface area (Å²) in [7, 11) is 1.84. The van der Waals surface area contributed by atoms with Gasteiger partial charge in [-0.05, 0) is 25.1 Å². The van der Waals surface area contributed by atoms with Gasteiger partial charge < -0.3 is 10.7 Å². The van der Waals surface area contributed by atoms with Crippen molar-refractivity contribution in [1.82, 2.24) is 14.8 Å². The SMILES string of the molecule is Cc1[nH]c2cc(F)ccc2c1-c1c(N)cnn1C. The van der Waals surface area contributed by atoms with E-state index in [0.717, 1.165) is 27.9 Å². The maximum absolute atomic E-state index is 13.2. The minimum atomic E-state index is -0.256. The Bertz CT molecular complexity index is 719. The molecule has 0 aliphatic heterocycles. The molecule has 5 heteroatoms. The maximum Gasteiger partial charge on any atom is 0.125 e. The lowest BCUT2D eigenvalue weighted by Crippen LogP contribution is -1.96. The molecule has 18 heavy (non-hydrogen) atoms. The minimum Gasteiger partial charge on any atom is -0.396 e. The largest absolute Gasteiger partial charge is 0.396 e. The maximum atomic E-state index is 13.2.